The van der Waals surface area contributed by atoms with Crippen molar-refractivity contribution in [1.29, 1.82) is 0 Å². The molecule has 5 rings (SSSR count). The number of para-hydroxylation sites is 1. The number of halogens is 1. The molecule has 1 unspecified atom stereocenters. The Hall–Kier alpha value is -3.17. The van der Waals surface area contributed by atoms with Gasteiger partial charge in [0.05, 0.1) is 28.8 Å². The molecule has 1 aromatic heterocycles. The lowest BCUT2D eigenvalue weighted by atomic mass is 10.1. The second kappa shape index (κ2) is 8.00. The average Bonchev–Trinajstić information content (AvgIpc) is 3.39. The second-order valence-corrected chi connectivity index (χ2v) is 10.9. The first-order valence-electron chi connectivity index (χ1n) is 10.5. The molecule has 3 heterocycles. The minimum Gasteiger partial charge on any atom is -0.312 e. The number of hydrogen-bond donors (Lipinski definition) is 1. The average molecular weight is 485 g/mol. The number of sulfone groups is 1. The number of nitrogens with one attached hydrogen (secondary N) is 1. The number of fused-ring (bicyclic) bond motifs is 1. The monoisotopic (exact) mass is 484 g/mol. The van der Waals surface area contributed by atoms with Crippen molar-refractivity contribution in [1.82, 2.24) is 9.78 Å². The summed E-state index contributed by atoms with van der Waals surface area (Å²) in [5.74, 6) is -1.06. The van der Waals surface area contributed by atoms with Crippen molar-refractivity contribution in [2.45, 2.75) is 24.9 Å². The van der Waals surface area contributed by atoms with Crippen LogP contribution in [0.15, 0.2) is 48.5 Å². The number of carbonyl (C=O) groups excluding carboxylic acids is 2. The highest BCUT2D eigenvalue weighted by atomic mass is 35.5. The molecule has 33 heavy (non-hydrogen) atoms. The van der Waals surface area contributed by atoms with E-state index in [1.807, 2.05) is 31.2 Å². The molecule has 2 aliphatic heterocycles. The summed E-state index contributed by atoms with van der Waals surface area (Å²) in [6, 6.07) is 14.4. The molecule has 1 fully saturated rings. The smallest absolute Gasteiger partial charge is 0.230 e. The molecule has 0 radical (unpaired) electrons. The van der Waals surface area contributed by atoms with Gasteiger partial charge in [-0.05, 0) is 42.8 Å². The number of hydrogen-bond acceptors (Lipinski definition) is 5. The maximum absolute atomic E-state index is 13.2. The number of carbonyl (C=O) groups is 2. The van der Waals surface area contributed by atoms with Crippen molar-refractivity contribution in [3.63, 3.8) is 0 Å². The van der Waals surface area contributed by atoms with Crippen molar-refractivity contribution in [2.75, 3.05) is 16.8 Å². The highest BCUT2D eigenvalue weighted by molar-refractivity contribution is 7.90. The van der Waals surface area contributed by atoms with Gasteiger partial charge in [-0.25, -0.2) is 13.1 Å². The van der Waals surface area contributed by atoms with Gasteiger partial charge in [0.25, 0.3) is 0 Å². The Morgan fingerprint density at radius 2 is 1.85 bits per heavy atom. The second-order valence-electron chi connectivity index (χ2n) is 8.38. The molecule has 1 atom stereocenters. The van der Waals surface area contributed by atoms with Gasteiger partial charge < -0.3 is 10.2 Å². The van der Waals surface area contributed by atoms with E-state index in [1.165, 1.54) is 0 Å². The highest BCUT2D eigenvalue weighted by Crippen LogP contribution is 2.34. The van der Waals surface area contributed by atoms with E-state index in [9.17, 15) is 18.0 Å². The van der Waals surface area contributed by atoms with Crippen LogP contribution in [-0.4, -0.2) is 36.6 Å². The largest absolute Gasteiger partial charge is 0.312 e. The van der Waals surface area contributed by atoms with E-state index in [1.54, 1.807) is 33.8 Å². The first-order valence-corrected chi connectivity index (χ1v) is 12.7. The normalized spacial score (nSPS) is 19.0. The van der Waals surface area contributed by atoms with Crippen LogP contribution in [0.25, 0.3) is 5.69 Å². The Morgan fingerprint density at radius 3 is 2.58 bits per heavy atom. The maximum atomic E-state index is 13.2. The lowest BCUT2D eigenvalue weighted by Crippen LogP contribution is -2.29. The zero-order valence-corrected chi connectivity index (χ0v) is 19.4. The summed E-state index contributed by atoms with van der Waals surface area (Å²) in [5.41, 5.74) is 3.31. The molecule has 170 valence electrons. The molecule has 0 saturated carbocycles. The Bertz CT molecular complexity index is 1380. The summed E-state index contributed by atoms with van der Waals surface area (Å²) < 4.78 is 26.0. The number of amides is 2. The third-order valence-corrected chi connectivity index (χ3v) is 7.70. The van der Waals surface area contributed by atoms with Crippen LogP contribution in [0.4, 0.5) is 11.5 Å². The third kappa shape index (κ3) is 4.02. The zero-order valence-electron chi connectivity index (χ0n) is 17.8. The summed E-state index contributed by atoms with van der Waals surface area (Å²) in [6.07, 6.45) is 0.0629. The van der Waals surface area contributed by atoms with Gasteiger partial charge in [0.2, 0.25) is 11.8 Å². The first kappa shape index (κ1) is 21.7. The van der Waals surface area contributed by atoms with Crippen LogP contribution >= 0.6 is 11.6 Å². The molecule has 3 aromatic rings. The molecule has 8 nitrogen and oxygen atoms in total. The van der Waals surface area contributed by atoms with Gasteiger partial charge in [-0.3, -0.25) is 9.59 Å². The molecule has 10 heteroatoms. The Morgan fingerprint density at radius 1 is 1.12 bits per heavy atom. The fraction of sp³-hybridized carbons (Fsp3) is 0.261. The van der Waals surface area contributed by atoms with Crippen molar-refractivity contribution < 1.29 is 18.0 Å². The zero-order chi connectivity index (χ0) is 23.3. The molecule has 2 aromatic carbocycles. The molecular formula is C23H21ClN4O4S. The number of aryl methyl sites for hydroxylation is 1. The minimum atomic E-state index is -3.31. The summed E-state index contributed by atoms with van der Waals surface area (Å²) in [6.45, 7) is 2.15. The predicted molar refractivity (Wildman–Crippen MR) is 125 cm³/mol. The van der Waals surface area contributed by atoms with E-state index >= 15 is 0 Å². The third-order valence-electron chi connectivity index (χ3n) is 6.01. The van der Waals surface area contributed by atoms with Gasteiger partial charge in [0.1, 0.15) is 5.82 Å². The number of rotatable bonds is 4. The molecule has 0 aliphatic carbocycles. The Labute approximate surface area is 196 Å². The molecule has 1 N–H and O–H groups in total. The quantitative estimate of drug-likeness (QED) is 0.612. The van der Waals surface area contributed by atoms with Crippen LogP contribution in [0.2, 0.25) is 5.02 Å². The minimum absolute atomic E-state index is 0.0629. The fourth-order valence-corrected chi connectivity index (χ4v) is 5.94. The Balaban J connectivity index is 1.44. The molecule has 2 aliphatic rings. The highest BCUT2D eigenvalue weighted by Gasteiger charge is 2.38. The summed E-state index contributed by atoms with van der Waals surface area (Å²) in [4.78, 5) is 27.4. The van der Waals surface area contributed by atoms with Gasteiger partial charge in [-0.15, -0.1) is 0 Å². The number of anilines is 2. The van der Waals surface area contributed by atoms with Crippen LogP contribution in [-0.2, 0) is 30.9 Å². The number of aromatic nitrogens is 2. The molecule has 0 spiro atoms. The van der Waals surface area contributed by atoms with E-state index in [2.05, 4.69) is 10.4 Å². The van der Waals surface area contributed by atoms with Gasteiger partial charge in [-0.1, -0.05) is 29.8 Å². The molecular weight excluding hydrogens is 464 g/mol. The van der Waals surface area contributed by atoms with Gasteiger partial charge >= 0.3 is 0 Å². The van der Waals surface area contributed by atoms with Crippen LogP contribution in [0.3, 0.4) is 0 Å². The van der Waals surface area contributed by atoms with Crippen molar-refractivity contribution in [3.05, 3.63) is 70.4 Å². The van der Waals surface area contributed by atoms with Crippen LogP contribution < -0.4 is 10.2 Å². The maximum Gasteiger partial charge on any atom is 0.230 e. The van der Waals surface area contributed by atoms with E-state index < -0.39 is 15.8 Å². The lowest BCUT2D eigenvalue weighted by molar-refractivity contribution is -0.122. The molecule has 1 saturated heterocycles. The number of nitrogens with zero attached hydrogens (tertiary/aromatic N) is 3. The van der Waals surface area contributed by atoms with Crippen LogP contribution in [0.5, 0.6) is 0 Å². The van der Waals surface area contributed by atoms with Crippen molar-refractivity contribution in [2.24, 2.45) is 5.92 Å². The van der Waals surface area contributed by atoms with E-state index in [-0.39, 0.29) is 36.3 Å². The summed E-state index contributed by atoms with van der Waals surface area (Å²) in [5, 5.41) is 7.97. The number of benzene rings is 2. The predicted octanol–water partition coefficient (Wildman–Crippen LogP) is 3.25. The summed E-state index contributed by atoms with van der Waals surface area (Å²) in [7, 11) is -3.31. The van der Waals surface area contributed by atoms with Gasteiger partial charge in [-0.2, -0.15) is 5.10 Å². The van der Waals surface area contributed by atoms with Crippen molar-refractivity contribution in [3.8, 4) is 5.69 Å². The standard InChI is InChI=1S/C23H21ClN4O4S/c1-14-4-2-3-5-20(14)28-22(18-12-33(31,32)13-19(18)26-28)25-23(30)15-10-21(29)27(11-15)17-8-6-16(24)7-9-17/h2-9,15H,10-13H2,1H3,(H,25,30). The first-order chi connectivity index (χ1) is 15.7. The topological polar surface area (TPSA) is 101 Å². The van der Waals surface area contributed by atoms with E-state index in [0.29, 0.717) is 27.8 Å². The van der Waals surface area contributed by atoms with Crippen molar-refractivity contribution >= 4 is 44.8 Å². The molecule has 0 bridgehead atoms. The Kier molecular flexibility index (Phi) is 5.25. The van der Waals surface area contributed by atoms with Crippen LogP contribution in [0, 0.1) is 12.8 Å². The van der Waals surface area contributed by atoms with Crippen LogP contribution in [0.1, 0.15) is 23.2 Å². The molecule has 2 amide bonds. The fourth-order valence-electron chi connectivity index (χ4n) is 4.32. The lowest BCUT2D eigenvalue weighted by Gasteiger charge is -2.17. The van der Waals surface area contributed by atoms with E-state index in [0.717, 1.165) is 11.3 Å². The van der Waals surface area contributed by atoms with Gasteiger partial charge in [0, 0.05) is 29.2 Å². The van der Waals surface area contributed by atoms with E-state index in [4.69, 9.17) is 11.6 Å². The SMILES string of the molecule is Cc1ccccc1-n1nc2c(c1NC(=O)C1CC(=O)N(c3ccc(Cl)cc3)C1)CS(=O)(=O)C2. The van der Waals surface area contributed by atoms with Gasteiger partial charge in [0.15, 0.2) is 9.84 Å². The summed E-state index contributed by atoms with van der Waals surface area (Å²) >= 11 is 5.94.